The zero-order valence-electron chi connectivity index (χ0n) is 8.99. The SMILES string of the molecule is CC1CC(C)C(CC(=O)NO)C(C)O1. The van der Waals surface area contributed by atoms with Crippen LogP contribution in [0, 0.1) is 11.8 Å². The minimum Gasteiger partial charge on any atom is -0.375 e. The van der Waals surface area contributed by atoms with E-state index in [1.54, 1.807) is 5.48 Å². The van der Waals surface area contributed by atoms with Crippen LogP contribution in [0.1, 0.15) is 33.6 Å². The zero-order chi connectivity index (χ0) is 10.7. The Hall–Kier alpha value is -0.610. The van der Waals surface area contributed by atoms with Crippen molar-refractivity contribution >= 4 is 5.91 Å². The summed E-state index contributed by atoms with van der Waals surface area (Å²) in [5, 5.41) is 8.45. The van der Waals surface area contributed by atoms with Gasteiger partial charge in [0.1, 0.15) is 0 Å². The van der Waals surface area contributed by atoms with E-state index >= 15 is 0 Å². The third-order valence-electron chi connectivity index (χ3n) is 3.03. The van der Waals surface area contributed by atoms with Crippen LogP contribution in [-0.2, 0) is 9.53 Å². The van der Waals surface area contributed by atoms with Gasteiger partial charge in [0.25, 0.3) is 0 Å². The molecule has 0 aromatic rings. The third kappa shape index (κ3) is 2.69. The molecule has 1 rings (SSSR count). The molecule has 0 aliphatic carbocycles. The summed E-state index contributed by atoms with van der Waals surface area (Å²) in [5.41, 5.74) is 1.67. The molecule has 2 N–H and O–H groups in total. The number of carbonyl (C=O) groups is 1. The number of hydrogen-bond acceptors (Lipinski definition) is 3. The van der Waals surface area contributed by atoms with E-state index in [9.17, 15) is 4.79 Å². The maximum Gasteiger partial charge on any atom is 0.243 e. The Morgan fingerprint density at radius 3 is 2.64 bits per heavy atom. The maximum atomic E-state index is 11.0. The van der Waals surface area contributed by atoms with Crippen LogP contribution in [0.2, 0.25) is 0 Å². The van der Waals surface area contributed by atoms with Crippen LogP contribution in [0.25, 0.3) is 0 Å². The molecular weight excluding hydrogens is 182 g/mol. The van der Waals surface area contributed by atoms with Crippen molar-refractivity contribution in [2.24, 2.45) is 11.8 Å². The second-order valence-electron chi connectivity index (χ2n) is 4.27. The molecule has 1 saturated heterocycles. The Labute approximate surface area is 84.6 Å². The molecule has 1 amide bonds. The first-order chi connectivity index (χ1) is 6.54. The van der Waals surface area contributed by atoms with Gasteiger partial charge in [-0.1, -0.05) is 6.92 Å². The molecule has 1 heterocycles. The van der Waals surface area contributed by atoms with Gasteiger partial charge in [-0.05, 0) is 32.1 Å². The topological polar surface area (TPSA) is 58.6 Å². The van der Waals surface area contributed by atoms with Crippen LogP contribution >= 0.6 is 0 Å². The van der Waals surface area contributed by atoms with E-state index in [0.29, 0.717) is 12.3 Å². The van der Waals surface area contributed by atoms with Crippen molar-refractivity contribution in [3.63, 3.8) is 0 Å². The molecule has 0 radical (unpaired) electrons. The van der Waals surface area contributed by atoms with Gasteiger partial charge in [0.05, 0.1) is 12.2 Å². The molecular formula is C10H19NO3. The number of nitrogens with one attached hydrogen (secondary N) is 1. The Morgan fingerprint density at radius 1 is 1.50 bits per heavy atom. The van der Waals surface area contributed by atoms with Gasteiger partial charge in [-0.15, -0.1) is 0 Å². The summed E-state index contributed by atoms with van der Waals surface area (Å²) >= 11 is 0. The summed E-state index contributed by atoms with van der Waals surface area (Å²) < 4.78 is 5.65. The molecule has 4 nitrogen and oxygen atoms in total. The molecule has 1 aliphatic heterocycles. The fourth-order valence-electron chi connectivity index (χ4n) is 2.31. The van der Waals surface area contributed by atoms with Gasteiger partial charge in [-0.2, -0.15) is 0 Å². The number of rotatable bonds is 2. The number of amides is 1. The van der Waals surface area contributed by atoms with Crippen molar-refractivity contribution in [1.29, 1.82) is 0 Å². The highest BCUT2D eigenvalue weighted by molar-refractivity contribution is 5.74. The summed E-state index contributed by atoms with van der Waals surface area (Å²) in [4.78, 5) is 11.0. The lowest BCUT2D eigenvalue weighted by atomic mass is 9.81. The second kappa shape index (κ2) is 4.75. The Bertz CT molecular complexity index is 196. The van der Waals surface area contributed by atoms with Crippen LogP contribution in [-0.4, -0.2) is 23.3 Å². The highest BCUT2D eigenvalue weighted by Gasteiger charge is 2.33. The maximum absolute atomic E-state index is 11.0. The van der Waals surface area contributed by atoms with Crippen molar-refractivity contribution in [2.45, 2.75) is 45.8 Å². The van der Waals surface area contributed by atoms with Crippen molar-refractivity contribution in [2.75, 3.05) is 0 Å². The lowest BCUT2D eigenvalue weighted by Gasteiger charge is -2.37. The molecule has 0 saturated carbocycles. The highest BCUT2D eigenvalue weighted by atomic mass is 16.5. The summed E-state index contributed by atoms with van der Waals surface area (Å²) in [7, 11) is 0. The first kappa shape index (κ1) is 11.5. The van der Waals surface area contributed by atoms with Crippen LogP contribution in [0.15, 0.2) is 0 Å². The van der Waals surface area contributed by atoms with E-state index in [1.807, 2.05) is 6.92 Å². The minimum atomic E-state index is -0.327. The summed E-state index contributed by atoms with van der Waals surface area (Å²) in [6.07, 6.45) is 1.68. The molecule has 4 unspecified atom stereocenters. The van der Waals surface area contributed by atoms with Gasteiger partial charge in [0, 0.05) is 6.42 Å². The highest BCUT2D eigenvalue weighted by Crippen LogP contribution is 2.32. The fourth-order valence-corrected chi connectivity index (χ4v) is 2.31. The fraction of sp³-hybridized carbons (Fsp3) is 0.900. The van der Waals surface area contributed by atoms with Gasteiger partial charge in [0.2, 0.25) is 5.91 Å². The smallest absolute Gasteiger partial charge is 0.243 e. The number of carbonyl (C=O) groups excluding carboxylic acids is 1. The standard InChI is InChI=1S/C10H19NO3/c1-6-4-7(2)14-8(3)9(6)5-10(12)11-13/h6-9,13H,4-5H2,1-3H3,(H,11,12). The lowest BCUT2D eigenvalue weighted by Crippen LogP contribution is -2.39. The van der Waals surface area contributed by atoms with Crippen molar-refractivity contribution < 1.29 is 14.7 Å². The first-order valence-electron chi connectivity index (χ1n) is 5.13. The van der Waals surface area contributed by atoms with E-state index in [4.69, 9.17) is 9.94 Å². The van der Waals surface area contributed by atoms with Crippen molar-refractivity contribution in [1.82, 2.24) is 5.48 Å². The van der Waals surface area contributed by atoms with E-state index in [1.165, 1.54) is 0 Å². The first-order valence-corrected chi connectivity index (χ1v) is 5.13. The number of ether oxygens (including phenoxy) is 1. The van der Waals surface area contributed by atoms with Gasteiger partial charge in [-0.3, -0.25) is 10.0 Å². The van der Waals surface area contributed by atoms with E-state index in [2.05, 4.69) is 13.8 Å². The zero-order valence-corrected chi connectivity index (χ0v) is 8.99. The normalized spacial score (nSPS) is 38.0. The van der Waals surface area contributed by atoms with Crippen molar-refractivity contribution in [3.05, 3.63) is 0 Å². The summed E-state index contributed by atoms with van der Waals surface area (Å²) in [6, 6.07) is 0. The monoisotopic (exact) mass is 201 g/mol. The molecule has 1 fully saturated rings. The predicted octanol–water partition coefficient (Wildman–Crippen LogP) is 1.33. The quantitative estimate of drug-likeness (QED) is 0.523. The van der Waals surface area contributed by atoms with Crippen molar-refractivity contribution in [3.8, 4) is 0 Å². The van der Waals surface area contributed by atoms with E-state index in [0.717, 1.165) is 6.42 Å². The Balaban J connectivity index is 2.53. The lowest BCUT2D eigenvalue weighted by molar-refractivity contribution is -0.137. The average molecular weight is 201 g/mol. The average Bonchev–Trinajstić information content (AvgIpc) is 2.10. The second-order valence-corrected chi connectivity index (χ2v) is 4.27. The van der Waals surface area contributed by atoms with Crippen LogP contribution in [0.3, 0.4) is 0 Å². The largest absolute Gasteiger partial charge is 0.375 e. The van der Waals surface area contributed by atoms with E-state index < -0.39 is 0 Å². The Kier molecular flexibility index (Phi) is 3.89. The molecule has 4 atom stereocenters. The molecule has 0 aromatic carbocycles. The van der Waals surface area contributed by atoms with Crippen LogP contribution in [0.4, 0.5) is 0 Å². The molecule has 1 aliphatic rings. The van der Waals surface area contributed by atoms with E-state index in [-0.39, 0.29) is 24.0 Å². The van der Waals surface area contributed by atoms with Gasteiger partial charge in [-0.25, -0.2) is 5.48 Å². The van der Waals surface area contributed by atoms with Gasteiger partial charge in [0.15, 0.2) is 0 Å². The molecule has 0 spiro atoms. The molecule has 4 heteroatoms. The van der Waals surface area contributed by atoms with Crippen LogP contribution < -0.4 is 5.48 Å². The minimum absolute atomic E-state index is 0.0889. The van der Waals surface area contributed by atoms with Crippen LogP contribution in [0.5, 0.6) is 0 Å². The molecule has 0 aromatic heterocycles. The predicted molar refractivity (Wildman–Crippen MR) is 51.8 cm³/mol. The number of hydroxylamine groups is 1. The van der Waals surface area contributed by atoms with Gasteiger partial charge >= 0.3 is 0 Å². The van der Waals surface area contributed by atoms with Gasteiger partial charge < -0.3 is 4.74 Å². The number of hydrogen-bond donors (Lipinski definition) is 2. The third-order valence-corrected chi connectivity index (χ3v) is 3.03. The Morgan fingerprint density at radius 2 is 2.14 bits per heavy atom. The summed E-state index contributed by atoms with van der Waals surface area (Å²) in [6.45, 7) is 6.17. The molecule has 82 valence electrons. The molecule has 14 heavy (non-hydrogen) atoms. The molecule has 0 bridgehead atoms. The summed E-state index contributed by atoms with van der Waals surface area (Å²) in [5.74, 6) is 0.344.